The fourth-order valence-corrected chi connectivity index (χ4v) is 4.99. The van der Waals surface area contributed by atoms with Crippen molar-refractivity contribution in [2.45, 2.75) is 43.6 Å². The summed E-state index contributed by atoms with van der Waals surface area (Å²) in [7, 11) is -3.80. The number of likely N-dealkylation sites (tertiary alicyclic amines) is 1. The molecule has 2 aromatic carbocycles. The van der Waals surface area contributed by atoms with Crippen molar-refractivity contribution in [1.29, 1.82) is 0 Å². The van der Waals surface area contributed by atoms with Crippen molar-refractivity contribution in [2.75, 3.05) is 19.4 Å². The van der Waals surface area contributed by atoms with Crippen LogP contribution in [0.15, 0.2) is 36.4 Å². The molecule has 0 bridgehead atoms. The predicted molar refractivity (Wildman–Crippen MR) is 125 cm³/mol. The van der Waals surface area contributed by atoms with Crippen molar-refractivity contribution in [1.82, 2.24) is 4.90 Å². The van der Waals surface area contributed by atoms with E-state index < -0.39 is 51.5 Å². The molecule has 0 N–H and O–H groups in total. The van der Waals surface area contributed by atoms with Crippen LogP contribution in [0.4, 0.5) is 26.3 Å². The first-order valence-corrected chi connectivity index (χ1v) is 13.3. The smallest absolute Gasteiger partial charge is 0.337 e. The Bertz CT molecular complexity index is 1250. The van der Waals surface area contributed by atoms with Gasteiger partial charge in [-0.25, -0.2) is 0 Å². The minimum atomic E-state index is -5.03. The van der Waals surface area contributed by atoms with Gasteiger partial charge >= 0.3 is 12.4 Å². The standard InChI is InChI=1S/C23H21Cl2F6NO4S/c1-37(34,35)36-7-6-21(15-2-3-18(24)19(25)11-15)5-4-20(33)32(13-21)12-14-8-16(22(26,27)28)10-17(9-14)23(29,30)31/h2-3,8-11H,4-7,12-13H2,1H3. The number of rotatable bonds is 7. The number of piperidine rings is 1. The first-order chi connectivity index (χ1) is 16.9. The second kappa shape index (κ2) is 10.6. The molecule has 3 rings (SSSR count). The maximum atomic E-state index is 13.3. The number of hydrogen-bond donors (Lipinski definition) is 0. The summed E-state index contributed by atoms with van der Waals surface area (Å²) in [6.07, 6.45) is -9.02. The van der Waals surface area contributed by atoms with E-state index in [-0.39, 0.29) is 54.1 Å². The van der Waals surface area contributed by atoms with Crippen LogP contribution in [0.5, 0.6) is 0 Å². The third-order valence-corrected chi connectivity index (χ3v) is 7.43. The summed E-state index contributed by atoms with van der Waals surface area (Å²) in [6.45, 7) is -0.931. The van der Waals surface area contributed by atoms with E-state index in [0.717, 1.165) is 11.2 Å². The quantitative estimate of drug-likeness (QED) is 0.274. The van der Waals surface area contributed by atoms with Gasteiger partial charge in [-0.2, -0.15) is 34.8 Å². The number of hydrogen-bond acceptors (Lipinski definition) is 4. The Morgan fingerprint density at radius 2 is 1.57 bits per heavy atom. The monoisotopic (exact) mass is 591 g/mol. The fraction of sp³-hybridized carbons (Fsp3) is 0.435. The first-order valence-electron chi connectivity index (χ1n) is 10.8. The molecule has 37 heavy (non-hydrogen) atoms. The minimum Gasteiger partial charge on any atom is -0.337 e. The largest absolute Gasteiger partial charge is 0.416 e. The number of alkyl halides is 6. The lowest BCUT2D eigenvalue weighted by atomic mass is 9.71. The molecule has 1 aliphatic heterocycles. The molecule has 1 atom stereocenters. The highest BCUT2D eigenvalue weighted by Gasteiger charge is 2.41. The average Bonchev–Trinajstić information content (AvgIpc) is 2.75. The van der Waals surface area contributed by atoms with Gasteiger partial charge in [-0.3, -0.25) is 8.98 Å². The lowest BCUT2D eigenvalue weighted by molar-refractivity contribution is -0.143. The number of nitrogens with zero attached hydrogens (tertiary/aromatic N) is 1. The van der Waals surface area contributed by atoms with Gasteiger partial charge in [-0.15, -0.1) is 0 Å². The van der Waals surface area contributed by atoms with Crippen molar-refractivity contribution in [3.8, 4) is 0 Å². The molecule has 1 fully saturated rings. The molecule has 204 valence electrons. The Labute approximate surface area is 219 Å². The summed E-state index contributed by atoms with van der Waals surface area (Å²) in [5, 5.41) is 0.416. The van der Waals surface area contributed by atoms with E-state index in [9.17, 15) is 39.6 Å². The summed E-state index contributed by atoms with van der Waals surface area (Å²) in [6, 6.07) is 5.82. The molecule has 1 aliphatic rings. The molecule has 1 heterocycles. The maximum Gasteiger partial charge on any atom is 0.416 e. The van der Waals surface area contributed by atoms with Gasteiger partial charge in [0.25, 0.3) is 10.1 Å². The molecule has 1 saturated heterocycles. The highest BCUT2D eigenvalue weighted by Crippen LogP contribution is 2.41. The number of benzene rings is 2. The fourth-order valence-electron chi connectivity index (χ4n) is 4.31. The summed E-state index contributed by atoms with van der Waals surface area (Å²) in [5.41, 5.74) is -3.72. The predicted octanol–water partition coefficient (Wildman–Crippen LogP) is 6.46. The summed E-state index contributed by atoms with van der Waals surface area (Å²) in [5.74, 6) is -0.481. The van der Waals surface area contributed by atoms with Crippen molar-refractivity contribution < 1.29 is 43.7 Å². The molecular formula is C23H21Cl2F6NO4S. The molecule has 0 aliphatic carbocycles. The van der Waals surface area contributed by atoms with E-state index in [1.54, 1.807) is 6.07 Å². The van der Waals surface area contributed by atoms with Crippen LogP contribution in [-0.4, -0.2) is 38.6 Å². The van der Waals surface area contributed by atoms with Gasteiger partial charge in [-0.1, -0.05) is 29.3 Å². The normalized spacial score (nSPS) is 19.4. The van der Waals surface area contributed by atoms with Crippen LogP contribution in [0.1, 0.15) is 41.5 Å². The number of carbonyl (C=O) groups is 1. The minimum absolute atomic E-state index is 0.0179. The molecule has 1 amide bonds. The maximum absolute atomic E-state index is 13.3. The van der Waals surface area contributed by atoms with E-state index >= 15 is 0 Å². The summed E-state index contributed by atoms with van der Waals surface area (Å²) >= 11 is 12.2. The van der Waals surface area contributed by atoms with Crippen molar-refractivity contribution >= 4 is 39.2 Å². The van der Waals surface area contributed by atoms with Gasteiger partial charge in [0.05, 0.1) is 34.0 Å². The van der Waals surface area contributed by atoms with Crippen molar-refractivity contribution in [3.63, 3.8) is 0 Å². The Kier molecular flexibility index (Phi) is 8.48. The van der Waals surface area contributed by atoms with Crippen LogP contribution < -0.4 is 0 Å². The molecule has 0 spiro atoms. The Morgan fingerprint density at radius 1 is 0.973 bits per heavy atom. The van der Waals surface area contributed by atoms with Crippen LogP contribution >= 0.6 is 23.2 Å². The third kappa shape index (κ3) is 7.52. The van der Waals surface area contributed by atoms with E-state index in [1.165, 1.54) is 12.1 Å². The number of amides is 1. The summed E-state index contributed by atoms with van der Waals surface area (Å²) < 4.78 is 108. The molecule has 0 saturated carbocycles. The Morgan fingerprint density at radius 3 is 2.08 bits per heavy atom. The third-order valence-electron chi connectivity index (χ3n) is 6.09. The molecule has 14 heteroatoms. The first kappa shape index (κ1) is 29.5. The van der Waals surface area contributed by atoms with Gasteiger partial charge in [-0.05, 0) is 54.3 Å². The van der Waals surface area contributed by atoms with Gasteiger partial charge in [0.2, 0.25) is 5.91 Å². The highest BCUT2D eigenvalue weighted by atomic mass is 35.5. The molecular weight excluding hydrogens is 571 g/mol. The zero-order valence-corrected chi connectivity index (χ0v) is 21.5. The second-order valence-corrected chi connectivity index (χ2v) is 11.3. The van der Waals surface area contributed by atoms with Gasteiger partial charge in [0.1, 0.15) is 0 Å². The highest BCUT2D eigenvalue weighted by molar-refractivity contribution is 7.85. The van der Waals surface area contributed by atoms with E-state index in [4.69, 9.17) is 27.4 Å². The lowest BCUT2D eigenvalue weighted by Crippen LogP contribution is -2.49. The van der Waals surface area contributed by atoms with Gasteiger partial charge in [0.15, 0.2) is 0 Å². The zero-order valence-electron chi connectivity index (χ0n) is 19.2. The SMILES string of the molecule is CS(=O)(=O)OCCC1(c2ccc(Cl)c(Cl)c2)CCC(=O)N(Cc2cc(C(F)(F)F)cc(C(F)(F)F)c2)C1. The molecule has 0 radical (unpaired) electrons. The summed E-state index contributed by atoms with van der Waals surface area (Å²) in [4.78, 5) is 13.9. The number of halogens is 8. The van der Waals surface area contributed by atoms with Crippen LogP contribution in [0.25, 0.3) is 0 Å². The van der Waals surface area contributed by atoms with Gasteiger partial charge < -0.3 is 4.90 Å². The Balaban J connectivity index is 2.00. The molecule has 2 aromatic rings. The van der Waals surface area contributed by atoms with E-state index in [0.29, 0.717) is 17.7 Å². The van der Waals surface area contributed by atoms with Crippen LogP contribution in [0, 0.1) is 0 Å². The Hall–Kier alpha value is -2.02. The van der Waals surface area contributed by atoms with E-state index in [1.807, 2.05) is 0 Å². The average molecular weight is 592 g/mol. The van der Waals surface area contributed by atoms with Crippen LogP contribution in [0.3, 0.4) is 0 Å². The molecule has 1 unspecified atom stereocenters. The van der Waals surface area contributed by atoms with Crippen LogP contribution in [0.2, 0.25) is 10.0 Å². The van der Waals surface area contributed by atoms with Gasteiger partial charge in [0, 0.05) is 24.9 Å². The zero-order chi connectivity index (χ0) is 27.8. The van der Waals surface area contributed by atoms with Crippen molar-refractivity contribution in [3.05, 3.63) is 68.7 Å². The van der Waals surface area contributed by atoms with Crippen LogP contribution in [-0.2, 0) is 43.4 Å². The lowest BCUT2D eigenvalue weighted by Gasteiger charge is -2.43. The number of carbonyl (C=O) groups excluding carboxylic acids is 1. The van der Waals surface area contributed by atoms with Crippen molar-refractivity contribution in [2.24, 2.45) is 0 Å². The topological polar surface area (TPSA) is 63.7 Å². The second-order valence-electron chi connectivity index (χ2n) is 8.85. The van der Waals surface area contributed by atoms with E-state index in [2.05, 4.69) is 0 Å². The molecule has 5 nitrogen and oxygen atoms in total. The molecule has 0 aromatic heterocycles.